The third-order valence-corrected chi connectivity index (χ3v) is 7.87. The number of nitrogens with one attached hydrogen (secondary N) is 1. The topological polar surface area (TPSA) is 87.9 Å². The standard InChI is InChI=1S/C22H27F2N3O4/c1-26-8-7-22-13-4-5-15(28)19(22)31-18-16(6-3-12(17(18)22)9-14(13)26)30-20(29)27(2)11-21(23,24)10-25/h3,6,13-14,19H,4-5,7-11,25H2,1-2H3/p+2. The lowest BCUT2D eigenvalue weighted by molar-refractivity contribution is -0.919. The molecule has 2 bridgehead atoms. The number of benzene rings is 1. The molecule has 2 aliphatic carbocycles. The highest BCUT2D eigenvalue weighted by Gasteiger charge is 2.67. The van der Waals surface area contributed by atoms with Gasteiger partial charge >= 0.3 is 12.0 Å². The van der Waals surface area contributed by atoms with Gasteiger partial charge in [-0.3, -0.25) is 4.79 Å². The lowest BCUT2D eigenvalue weighted by Gasteiger charge is -2.54. The van der Waals surface area contributed by atoms with Gasteiger partial charge in [0, 0.05) is 37.8 Å². The predicted octanol–water partition coefficient (Wildman–Crippen LogP) is -0.185. The van der Waals surface area contributed by atoms with E-state index in [1.54, 1.807) is 6.07 Å². The highest BCUT2D eigenvalue weighted by molar-refractivity contribution is 5.89. The van der Waals surface area contributed by atoms with E-state index in [1.807, 2.05) is 6.07 Å². The zero-order valence-corrected chi connectivity index (χ0v) is 17.9. The van der Waals surface area contributed by atoms with Crippen LogP contribution >= 0.6 is 0 Å². The fourth-order valence-corrected chi connectivity index (χ4v) is 6.41. The number of ketones is 1. The van der Waals surface area contributed by atoms with Crippen molar-refractivity contribution in [3.8, 4) is 11.5 Å². The van der Waals surface area contributed by atoms with Gasteiger partial charge in [0.15, 0.2) is 23.4 Å². The van der Waals surface area contributed by atoms with E-state index in [1.165, 1.54) is 11.9 Å². The van der Waals surface area contributed by atoms with Gasteiger partial charge in [0.25, 0.3) is 0 Å². The third kappa shape index (κ3) is 2.89. The largest absolute Gasteiger partial charge is 0.477 e. The predicted molar refractivity (Wildman–Crippen MR) is 105 cm³/mol. The Morgan fingerprint density at radius 3 is 2.97 bits per heavy atom. The minimum atomic E-state index is -3.09. The Morgan fingerprint density at radius 2 is 2.23 bits per heavy atom. The molecule has 7 nitrogen and oxygen atoms in total. The van der Waals surface area contributed by atoms with Crippen LogP contribution in [0.5, 0.6) is 11.5 Å². The number of amides is 1. The van der Waals surface area contributed by atoms with E-state index in [0.29, 0.717) is 24.1 Å². The van der Waals surface area contributed by atoms with Gasteiger partial charge in [-0.15, -0.1) is 0 Å². The second-order valence-corrected chi connectivity index (χ2v) is 9.56. The molecule has 5 unspecified atom stereocenters. The summed E-state index contributed by atoms with van der Waals surface area (Å²) in [4.78, 5) is 27.8. The summed E-state index contributed by atoms with van der Waals surface area (Å²) in [7, 11) is 3.49. The highest BCUT2D eigenvalue weighted by atomic mass is 19.3. The number of nitrogens with zero attached hydrogens (tertiary/aromatic N) is 1. The fourth-order valence-electron chi connectivity index (χ4n) is 6.41. The van der Waals surface area contributed by atoms with Gasteiger partial charge in [-0.25, -0.2) is 4.79 Å². The Morgan fingerprint density at radius 1 is 1.45 bits per heavy atom. The first kappa shape index (κ1) is 20.6. The first-order valence-electron chi connectivity index (χ1n) is 11.0. The summed E-state index contributed by atoms with van der Waals surface area (Å²) in [5, 5.41) is 0. The summed E-state index contributed by atoms with van der Waals surface area (Å²) in [6.45, 7) is -0.427. The van der Waals surface area contributed by atoms with Crippen LogP contribution in [-0.2, 0) is 16.6 Å². The SMILES string of the molecule is CN(CC(F)(F)C[NH3+])C(=O)Oc1ccc2c3c1OC1C(=O)CCC4C(C2)[NH+](C)CCC314. The number of piperidine rings is 1. The van der Waals surface area contributed by atoms with Crippen molar-refractivity contribution in [1.29, 1.82) is 0 Å². The molecule has 4 aliphatic rings. The molecule has 1 aromatic carbocycles. The van der Waals surface area contributed by atoms with Crippen molar-refractivity contribution < 1.29 is 38.5 Å². The number of carbonyl (C=O) groups is 2. The second kappa shape index (κ2) is 6.87. The number of carbonyl (C=O) groups excluding carboxylic acids is 2. The van der Waals surface area contributed by atoms with Crippen molar-refractivity contribution in [3.05, 3.63) is 23.3 Å². The van der Waals surface area contributed by atoms with Gasteiger partial charge in [0.05, 0.1) is 31.6 Å². The number of alkyl halides is 2. The molecule has 1 amide bonds. The summed E-state index contributed by atoms with van der Waals surface area (Å²) < 4.78 is 39.1. The Kier molecular flexibility index (Phi) is 4.57. The van der Waals surface area contributed by atoms with Gasteiger partial charge in [0.1, 0.15) is 6.54 Å². The quantitative estimate of drug-likeness (QED) is 0.684. The first-order valence-corrected chi connectivity index (χ1v) is 11.0. The lowest BCUT2D eigenvalue weighted by Crippen LogP contribution is -3.16. The molecule has 168 valence electrons. The van der Waals surface area contributed by atoms with E-state index in [2.05, 4.69) is 12.8 Å². The van der Waals surface area contributed by atoms with Crippen molar-refractivity contribution in [2.75, 3.05) is 33.7 Å². The van der Waals surface area contributed by atoms with Gasteiger partial charge in [-0.2, -0.15) is 8.78 Å². The van der Waals surface area contributed by atoms with E-state index >= 15 is 0 Å². The molecule has 5 rings (SSSR count). The molecule has 2 heterocycles. The van der Waals surface area contributed by atoms with E-state index in [0.717, 1.165) is 41.8 Å². The van der Waals surface area contributed by atoms with Gasteiger partial charge in [-0.05, 0) is 18.1 Å². The van der Waals surface area contributed by atoms with Crippen LogP contribution in [0.4, 0.5) is 13.6 Å². The smallest absolute Gasteiger partial charge is 0.415 e. The molecule has 2 aliphatic heterocycles. The molecular weight excluding hydrogens is 408 g/mol. The van der Waals surface area contributed by atoms with Crippen LogP contribution < -0.4 is 20.1 Å². The summed E-state index contributed by atoms with van der Waals surface area (Å²) >= 11 is 0. The zero-order chi connectivity index (χ0) is 22.1. The van der Waals surface area contributed by atoms with E-state index in [4.69, 9.17) is 9.47 Å². The number of likely N-dealkylation sites (N-methyl/N-ethyl adjacent to an activating group) is 1. The van der Waals surface area contributed by atoms with Gasteiger partial charge in [0.2, 0.25) is 0 Å². The van der Waals surface area contributed by atoms with Gasteiger partial charge in [-0.1, -0.05) is 6.07 Å². The molecule has 0 radical (unpaired) electrons. The van der Waals surface area contributed by atoms with Crippen LogP contribution in [0.15, 0.2) is 12.1 Å². The number of Topliss-reactive ketones (excluding diaryl/α,β-unsaturated/α-hetero) is 1. The first-order chi connectivity index (χ1) is 14.7. The molecule has 1 saturated carbocycles. The summed E-state index contributed by atoms with van der Waals surface area (Å²) in [6.07, 6.45) is 1.67. The molecule has 1 spiro atoms. The van der Waals surface area contributed by atoms with E-state index in [-0.39, 0.29) is 16.9 Å². The Balaban J connectivity index is 1.51. The van der Waals surface area contributed by atoms with Crippen LogP contribution in [0, 0.1) is 5.92 Å². The fraction of sp³-hybridized carbons (Fsp3) is 0.636. The van der Waals surface area contributed by atoms with Crippen LogP contribution in [0.25, 0.3) is 0 Å². The average Bonchev–Trinajstić information content (AvgIpc) is 3.08. The van der Waals surface area contributed by atoms with E-state index in [9.17, 15) is 18.4 Å². The minimum Gasteiger partial charge on any atom is -0.477 e. The molecule has 5 atom stereocenters. The van der Waals surface area contributed by atoms with Crippen molar-refractivity contribution in [3.63, 3.8) is 0 Å². The highest BCUT2D eigenvalue weighted by Crippen LogP contribution is 2.61. The molecule has 9 heteroatoms. The zero-order valence-electron chi connectivity index (χ0n) is 17.9. The minimum absolute atomic E-state index is 0.100. The normalized spacial score (nSPS) is 32.9. The van der Waals surface area contributed by atoms with Crippen LogP contribution in [0.3, 0.4) is 0 Å². The Hall–Kier alpha value is -2.26. The average molecular weight is 437 g/mol. The maximum absolute atomic E-state index is 13.7. The number of hydrogen-bond donors (Lipinski definition) is 2. The molecule has 31 heavy (non-hydrogen) atoms. The van der Waals surface area contributed by atoms with Crippen molar-refractivity contribution >= 4 is 11.9 Å². The van der Waals surface area contributed by atoms with Crippen LogP contribution in [-0.4, -0.2) is 68.6 Å². The van der Waals surface area contributed by atoms with Crippen molar-refractivity contribution in [2.24, 2.45) is 5.92 Å². The molecule has 0 aromatic heterocycles. The van der Waals surface area contributed by atoms with Gasteiger partial charge < -0.3 is 25.0 Å². The molecule has 2 fully saturated rings. The number of quaternary nitrogens is 2. The molecular formula is C22H29F2N3O4+2. The van der Waals surface area contributed by atoms with Crippen LogP contribution in [0.2, 0.25) is 0 Å². The lowest BCUT2D eigenvalue weighted by atomic mass is 9.52. The Labute approximate surface area is 179 Å². The number of halogens is 2. The van der Waals surface area contributed by atoms with E-state index < -0.39 is 31.2 Å². The number of ether oxygens (including phenoxy) is 2. The van der Waals surface area contributed by atoms with Crippen LogP contribution in [0.1, 0.15) is 30.4 Å². The summed E-state index contributed by atoms with van der Waals surface area (Å²) in [5.74, 6) is -1.99. The summed E-state index contributed by atoms with van der Waals surface area (Å²) in [5.41, 5.74) is 5.01. The molecule has 1 aromatic rings. The number of rotatable bonds is 4. The Bertz CT molecular complexity index is 955. The summed E-state index contributed by atoms with van der Waals surface area (Å²) in [6, 6.07) is 4.06. The molecule has 4 N–H and O–H groups in total. The third-order valence-electron chi connectivity index (χ3n) is 7.87. The number of likely N-dealkylation sites (tertiary alicyclic amines) is 1. The monoisotopic (exact) mass is 437 g/mol. The maximum atomic E-state index is 13.7. The number of hydrogen-bond acceptors (Lipinski definition) is 4. The maximum Gasteiger partial charge on any atom is 0.415 e. The van der Waals surface area contributed by atoms with Crippen molar-refractivity contribution in [2.45, 2.75) is 49.2 Å². The second-order valence-electron chi connectivity index (χ2n) is 9.56. The van der Waals surface area contributed by atoms with Crippen molar-refractivity contribution in [1.82, 2.24) is 4.90 Å². The molecule has 1 saturated heterocycles.